The van der Waals surface area contributed by atoms with Crippen molar-refractivity contribution in [1.82, 2.24) is 10.2 Å². The van der Waals surface area contributed by atoms with Crippen molar-refractivity contribution in [2.75, 3.05) is 11.9 Å². The quantitative estimate of drug-likeness (QED) is 0.862. The Bertz CT molecular complexity index is 433. The molecule has 0 saturated heterocycles. The number of hydrogen-bond donors (Lipinski definition) is 1. The lowest BCUT2D eigenvalue weighted by atomic mass is 10.2. The molecule has 0 aliphatic carbocycles. The molecule has 3 nitrogen and oxygen atoms in total. The Balaban J connectivity index is 2.28. The maximum absolute atomic E-state index is 4.19. The molecule has 1 N–H and O–H groups in total. The predicted octanol–water partition coefficient (Wildman–Crippen LogP) is 2.95. The number of rotatable bonds is 3. The molecule has 0 spiro atoms. The molecular weight excluding hydrogens is 206 g/mol. The minimum absolute atomic E-state index is 0.828. The second kappa shape index (κ2) is 4.40. The van der Waals surface area contributed by atoms with E-state index in [4.69, 9.17) is 0 Å². The van der Waals surface area contributed by atoms with Gasteiger partial charge in [-0.3, -0.25) is 0 Å². The molecule has 0 radical (unpaired) electrons. The smallest absolute Gasteiger partial charge is 0.148 e. The monoisotopic (exact) mass is 219 g/mol. The summed E-state index contributed by atoms with van der Waals surface area (Å²) in [7, 11) is 0. The second-order valence-electron chi connectivity index (χ2n) is 3.22. The zero-order valence-electron chi connectivity index (χ0n) is 8.82. The predicted molar refractivity (Wildman–Crippen MR) is 64.2 cm³/mol. The average molecular weight is 219 g/mol. The molecule has 2 aromatic heterocycles. The van der Waals surface area contributed by atoms with Gasteiger partial charge in [0.2, 0.25) is 0 Å². The highest BCUT2D eigenvalue weighted by molar-refractivity contribution is 7.10. The van der Waals surface area contributed by atoms with Gasteiger partial charge in [-0.15, -0.1) is 21.5 Å². The van der Waals surface area contributed by atoms with Crippen LogP contribution in [0.15, 0.2) is 23.6 Å². The molecule has 2 rings (SSSR count). The number of anilines is 1. The lowest BCUT2D eigenvalue weighted by Crippen LogP contribution is -2.00. The van der Waals surface area contributed by atoms with Crippen LogP contribution in [-0.4, -0.2) is 16.7 Å². The third kappa shape index (κ3) is 2.15. The van der Waals surface area contributed by atoms with Gasteiger partial charge in [0.15, 0.2) is 0 Å². The normalized spacial score (nSPS) is 10.3. The maximum Gasteiger partial charge on any atom is 0.148 e. The lowest BCUT2D eigenvalue weighted by Gasteiger charge is -2.02. The molecule has 0 unspecified atom stereocenters. The standard InChI is InChI=1S/C11H13N3S/c1-3-12-11-5-4-10(13-14-11)9-6-7-15-8(9)2/h4-7H,3H2,1-2H3,(H,12,14). The Morgan fingerprint density at radius 3 is 2.67 bits per heavy atom. The van der Waals surface area contributed by atoms with Gasteiger partial charge in [-0.25, -0.2) is 0 Å². The summed E-state index contributed by atoms with van der Waals surface area (Å²) < 4.78 is 0. The first kappa shape index (κ1) is 10.1. The summed E-state index contributed by atoms with van der Waals surface area (Å²) in [6.07, 6.45) is 0. The van der Waals surface area contributed by atoms with E-state index in [1.807, 2.05) is 19.1 Å². The fourth-order valence-corrected chi connectivity index (χ4v) is 2.11. The van der Waals surface area contributed by atoms with Crippen molar-refractivity contribution in [3.63, 3.8) is 0 Å². The van der Waals surface area contributed by atoms with E-state index in [1.54, 1.807) is 11.3 Å². The summed E-state index contributed by atoms with van der Waals surface area (Å²) in [6.45, 7) is 5.00. The van der Waals surface area contributed by atoms with E-state index >= 15 is 0 Å². The summed E-state index contributed by atoms with van der Waals surface area (Å²) >= 11 is 1.73. The van der Waals surface area contributed by atoms with E-state index in [1.165, 1.54) is 10.4 Å². The van der Waals surface area contributed by atoms with Crippen LogP contribution in [0.3, 0.4) is 0 Å². The first-order valence-electron chi connectivity index (χ1n) is 4.93. The molecule has 15 heavy (non-hydrogen) atoms. The zero-order valence-corrected chi connectivity index (χ0v) is 9.64. The van der Waals surface area contributed by atoms with Crippen LogP contribution >= 0.6 is 11.3 Å². The molecule has 0 aromatic carbocycles. The van der Waals surface area contributed by atoms with Gasteiger partial charge in [0.05, 0.1) is 5.69 Å². The molecule has 0 fully saturated rings. The topological polar surface area (TPSA) is 37.8 Å². The molecule has 0 saturated carbocycles. The minimum Gasteiger partial charge on any atom is -0.369 e. The molecule has 0 atom stereocenters. The number of aryl methyl sites for hydroxylation is 1. The number of hydrogen-bond acceptors (Lipinski definition) is 4. The molecule has 0 aliphatic rings. The molecule has 4 heteroatoms. The van der Waals surface area contributed by atoms with Gasteiger partial charge < -0.3 is 5.32 Å². The third-order valence-corrected chi connectivity index (χ3v) is 3.00. The van der Waals surface area contributed by atoms with Crippen LogP contribution in [0.1, 0.15) is 11.8 Å². The molecule has 0 bridgehead atoms. The van der Waals surface area contributed by atoms with Crippen molar-refractivity contribution in [3.8, 4) is 11.3 Å². The van der Waals surface area contributed by atoms with Crippen LogP contribution in [0.4, 0.5) is 5.82 Å². The Labute approximate surface area is 93.2 Å². The summed E-state index contributed by atoms with van der Waals surface area (Å²) in [6, 6.07) is 6.04. The van der Waals surface area contributed by atoms with Crippen molar-refractivity contribution < 1.29 is 0 Å². The molecule has 2 heterocycles. The van der Waals surface area contributed by atoms with Gasteiger partial charge in [0, 0.05) is 17.0 Å². The van der Waals surface area contributed by atoms with Crippen molar-refractivity contribution in [1.29, 1.82) is 0 Å². The summed E-state index contributed by atoms with van der Waals surface area (Å²) in [4.78, 5) is 1.28. The highest BCUT2D eigenvalue weighted by Gasteiger charge is 2.04. The fraction of sp³-hybridized carbons (Fsp3) is 0.273. The van der Waals surface area contributed by atoms with Gasteiger partial charge in [0.25, 0.3) is 0 Å². The minimum atomic E-state index is 0.828. The van der Waals surface area contributed by atoms with Gasteiger partial charge in [-0.2, -0.15) is 0 Å². The number of nitrogens with one attached hydrogen (secondary N) is 1. The van der Waals surface area contributed by atoms with E-state index < -0.39 is 0 Å². The van der Waals surface area contributed by atoms with E-state index in [2.05, 4.69) is 33.9 Å². The molecule has 0 aliphatic heterocycles. The van der Waals surface area contributed by atoms with Crippen molar-refractivity contribution in [3.05, 3.63) is 28.5 Å². The van der Waals surface area contributed by atoms with Crippen LogP contribution in [0.25, 0.3) is 11.3 Å². The summed E-state index contributed by atoms with van der Waals surface area (Å²) in [5, 5.41) is 13.5. The molecule has 0 amide bonds. The highest BCUT2D eigenvalue weighted by atomic mass is 32.1. The zero-order chi connectivity index (χ0) is 10.7. The van der Waals surface area contributed by atoms with Gasteiger partial charge in [0.1, 0.15) is 5.82 Å². The van der Waals surface area contributed by atoms with Crippen LogP contribution in [0.2, 0.25) is 0 Å². The van der Waals surface area contributed by atoms with E-state index in [0.29, 0.717) is 0 Å². The molecule has 2 aromatic rings. The van der Waals surface area contributed by atoms with Crippen LogP contribution in [0, 0.1) is 6.92 Å². The largest absolute Gasteiger partial charge is 0.369 e. The number of nitrogens with zero attached hydrogens (tertiary/aromatic N) is 2. The second-order valence-corrected chi connectivity index (χ2v) is 4.34. The SMILES string of the molecule is CCNc1ccc(-c2ccsc2C)nn1. The van der Waals surface area contributed by atoms with Gasteiger partial charge in [-0.05, 0) is 37.4 Å². The Hall–Kier alpha value is -1.42. The lowest BCUT2D eigenvalue weighted by molar-refractivity contribution is 1.02. The highest BCUT2D eigenvalue weighted by Crippen LogP contribution is 2.25. The van der Waals surface area contributed by atoms with Crippen molar-refractivity contribution in [2.24, 2.45) is 0 Å². The third-order valence-electron chi connectivity index (χ3n) is 2.16. The fourth-order valence-electron chi connectivity index (χ4n) is 1.40. The first-order chi connectivity index (χ1) is 7.31. The maximum atomic E-state index is 4.19. The number of aromatic nitrogens is 2. The van der Waals surface area contributed by atoms with Crippen LogP contribution in [0.5, 0.6) is 0 Å². The summed E-state index contributed by atoms with van der Waals surface area (Å²) in [5.74, 6) is 0.828. The van der Waals surface area contributed by atoms with Gasteiger partial charge >= 0.3 is 0 Å². The van der Waals surface area contributed by atoms with Crippen molar-refractivity contribution >= 4 is 17.2 Å². The van der Waals surface area contributed by atoms with Gasteiger partial charge in [-0.1, -0.05) is 0 Å². The van der Waals surface area contributed by atoms with E-state index in [9.17, 15) is 0 Å². The first-order valence-corrected chi connectivity index (χ1v) is 5.81. The average Bonchev–Trinajstić information content (AvgIpc) is 2.66. The Morgan fingerprint density at radius 1 is 1.27 bits per heavy atom. The van der Waals surface area contributed by atoms with E-state index in [0.717, 1.165) is 18.1 Å². The van der Waals surface area contributed by atoms with Crippen LogP contribution in [-0.2, 0) is 0 Å². The van der Waals surface area contributed by atoms with E-state index in [-0.39, 0.29) is 0 Å². The Kier molecular flexibility index (Phi) is 2.97. The van der Waals surface area contributed by atoms with Crippen LogP contribution < -0.4 is 5.32 Å². The Morgan fingerprint density at radius 2 is 2.13 bits per heavy atom. The summed E-state index contributed by atoms with van der Waals surface area (Å²) in [5.41, 5.74) is 2.12. The molecule has 78 valence electrons. The van der Waals surface area contributed by atoms with Crippen molar-refractivity contribution in [2.45, 2.75) is 13.8 Å². The number of thiophene rings is 1. The molecular formula is C11H13N3S.